The first-order valence-electron chi connectivity index (χ1n) is 26.7. The van der Waals surface area contributed by atoms with Crippen molar-refractivity contribution in [3.63, 3.8) is 0 Å². The van der Waals surface area contributed by atoms with Crippen molar-refractivity contribution in [1.29, 1.82) is 0 Å². The SMILES string of the molecule is [2H]c1c([2H])c([2H])c(-c2cccc(-c3c([2H])c([2H])c([2H])c([2H])c3[2H])c2-[n+]2[c-]n(-c3[c-]c(Oc4[c-]c5c(cc4)c4cc(C(C)(C)C)ccc4n5-c4cc(C([2H])([2H])C(C)(C)C)ccn4)ccc3)c3cccc(C)c32)c([2H])c1[2H].[Pt]. The van der Waals surface area contributed by atoms with Gasteiger partial charge in [-0.2, -0.15) is 18.2 Å². The molecule has 10 rings (SSSR count). The van der Waals surface area contributed by atoms with Gasteiger partial charge < -0.3 is 13.9 Å². The van der Waals surface area contributed by atoms with E-state index in [4.69, 9.17) is 26.2 Å². The summed E-state index contributed by atoms with van der Waals surface area (Å²) in [6.07, 6.45) is 3.39. The van der Waals surface area contributed by atoms with Crippen molar-refractivity contribution >= 4 is 32.8 Å². The number of benzene rings is 7. The molecule has 0 atom stereocenters. The quantitative estimate of drug-likeness (QED) is 0.112. The van der Waals surface area contributed by atoms with Gasteiger partial charge in [0.15, 0.2) is 0 Å². The molecule has 0 spiro atoms. The summed E-state index contributed by atoms with van der Waals surface area (Å²) >= 11 is 0. The molecule has 0 aliphatic rings. The minimum Gasteiger partial charge on any atom is -0.510 e. The van der Waals surface area contributed by atoms with Gasteiger partial charge in [-0.3, -0.25) is 4.57 Å². The second-order valence-electron chi connectivity index (χ2n) is 17.6. The number of hydrogen-bond acceptors (Lipinski definition) is 2. The van der Waals surface area contributed by atoms with Gasteiger partial charge in [-0.1, -0.05) is 156 Å². The summed E-state index contributed by atoms with van der Waals surface area (Å²) in [7, 11) is 0. The first kappa shape index (κ1) is 30.5. The molecule has 0 saturated heterocycles. The molecule has 5 nitrogen and oxygen atoms in total. The molecule has 7 aromatic carbocycles. The molecule has 64 heavy (non-hydrogen) atoms. The normalized spacial score (nSPS) is 14.8. The van der Waals surface area contributed by atoms with Crippen LogP contribution in [0.5, 0.6) is 11.5 Å². The van der Waals surface area contributed by atoms with Gasteiger partial charge in [0.05, 0.1) is 30.4 Å². The molecule has 3 aromatic heterocycles. The van der Waals surface area contributed by atoms with Gasteiger partial charge in [0.1, 0.15) is 5.82 Å². The Balaban J connectivity index is 0.00000706. The first-order valence-corrected chi connectivity index (χ1v) is 20.7. The summed E-state index contributed by atoms with van der Waals surface area (Å²) < 4.78 is 118. The maximum Gasteiger partial charge on any atom is 0.268 e. The van der Waals surface area contributed by atoms with Crippen LogP contribution >= 0.6 is 0 Å². The van der Waals surface area contributed by atoms with E-state index in [1.807, 2.05) is 62.6 Å². The van der Waals surface area contributed by atoms with Crippen LogP contribution in [0, 0.1) is 30.8 Å². The zero-order valence-electron chi connectivity index (χ0n) is 48.3. The van der Waals surface area contributed by atoms with Crippen molar-refractivity contribution in [2.45, 2.75) is 60.3 Å². The molecule has 0 aliphatic heterocycles. The van der Waals surface area contributed by atoms with E-state index in [2.05, 4.69) is 57.4 Å². The number of rotatable bonds is 8. The van der Waals surface area contributed by atoms with E-state index in [1.54, 1.807) is 63.9 Å². The van der Waals surface area contributed by atoms with Crippen LogP contribution in [0.2, 0.25) is 0 Å². The Bertz CT molecular complexity index is 3880. The fourth-order valence-electron chi connectivity index (χ4n) is 8.11. The largest absolute Gasteiger partial charge is 0.510 e. The predicted octanol–water partition coefficient (Wildman–Crippen LogP) is 14.1. The minimum atomic E-state index is -1.68. The third-order valence-electron chi connectivity index (χ3n) is 10.9. The van der Waals surface area contributed by atoms with Crippen LogP contribution in [0.25, 0.3) is 72.3 Å². The molecular formula is C58H50N4OPt-2. The van der Waals surface area contributed by atoms with Crippen molar-refractivity contribution in [2.24, 2.45) is 5.41 Å². The molecule has 6 heteroatoms. The van der Waals surface area contributed by atoms with E-state index in [1.165, 1.54) is 0 Å². The van der Waals surface area contributed by atoms with Gasteiger partial charge in [-0.15, -0.1) is 29.7 Å². The van der Waals surface area contributed by atoms with Gasteiger partial charge in [-0.05, 0) is 92.3 Å². The van der Waals surface area contributed by atoms with Crippen LogP contribution in [0.1, 0.15) is 74.7 Å². The van der Waals surface area contributed by atoms with E-state index in [0.29, 0.717) is 45.1 Å². The average Bonchev–Trinajstić information content (AvgIpc) is 3.98. The van der Waals surface area contributed by atoms with Gasteiger partial charge in [0.25, 0.3) is 6.33 Å². The molecule has 0 bridgehead atoms. The van der Waals surface area contributed by atoms with Crippen molar-refractivity contribution in [3.05, 3.63) is 199 Å². The van der Waals surface area contributed by atoms with E-state index >= 15 is 0 Å². The smallest absolute Gasteiger partial charge is 0.268 e. The van der Waals surface area contributed by atoms with Gasteiger partial charge in [0.2, 0.25) is 0 Å². The number of ether oxygens (including phenoxy) is 1. The number of aryl methyl sites for hydroxylation is 1. The standard InChI is InChI=1S/C58H50N4O.Pt/c1-39-17-14-26-52-55(39)61(56-47(41-18-10-8-11-19-41)24-16-25-48(56)42-20-12-9-13-21-42)38-60(52)44-22-15-23-45(35-44)63-46-28-29-49-50-34-43(58(5,6)7)27-30-51(50)62(53(49)36-46)54-33-40(31-32-59-54)37-57(2,3)4;/h8-34H,37H2,1-7H3;/q-2;/i8D,9D,10D,11D,12D,13D,18D,19D,20D,21D,37D2;. The van der Waals surface area contributed by atoms with Crippen molar-refractivity contribution in [1.82, 2.24) is 14.1 Å². The molecule has 0 saturated carbocycles. The maximum atomic E-state index is 9.09. The fraction of sp³-hybridized carbons (Fsp3) is 0.172. The molecular weight excluding hydrogens is 964 g/mol. The third-order valence-corrected chi connectivity index (χ3v) is 10.9. The van der Waals surface area contributed by atoms with E-state index < -0.39 is 72.2 Å². The van der Waals surface area contributed by atoms with E-state index in [-0.39, 0.29) is 54.4 Å². The summed E-state index contributed by atoms with van der Waals surface area (Å²) in [6.45, 7) is 14.0. The average molecular weight is 1030 g/mol. The van der Waals surface area contributed by atoms with Crippen molar-refractivity contribution in [2.75, 3.05) is 0 Å². The van der Waals surface area contributed by atoms with Gasteiger partial charge in [0, 0.05) is 47.0 Å². The van der Waals surface area contributed by atoms with Crippen molar-refractivity contribution in [3.8, 4) is 50.9 Å². The zero-order chi connectivity index (χ0) is 54.0. The molecule has 0 fully saturated rings. The second-order valence-corrected chi connectivity index (χ2v) is 17.6. The number of para-hydroxylation sites is 2. The number of imidazole rings is 1. The Kier molecular flexibility index (Phi) is 8.04. The van der Waals surface area contributed by atoms with Crippen LogP contribution in [-0.2, 0) is 32.9 Å². The Morgan fingerprint density at radius 1 is 0.703 bits per heavy atom. The van der Waals surface area contributed by atoms with Crippen LogP contribution in [-0.4, -0.2) is 14.1 Å². The molecule has 0 aliphatic carbocycles. The fourth-order valence-corrected chi connectivity index (χ4v) is 8.11. The zero-order valence-corrected chi connectivity index (χ0v) is 38.6. The maximum absolute atomic E-state index is 9.09. The number of aromatic nitrogens is 4. The number of nitrogens with zero attached hydrogens (tertiary/aromatic N) is 4. The summed E-state index contributed by atoms with van der Waals surface area (Å²) in [5, 5.41) is 1.87. The van der Waals surface area contributed by atoms with Crippen LogP contribution in [0.15, 0.2) is 164 Å². The minimum absolute atomic E-state index is 0. The Morgan fingerprint density at radius 2 is 1.38 bits per heavy atom. The van der Waals surface area contributed by atoms with Crippen molar-refractivity contribution < 1.29 is 46.8 Å². The molecule has 0 N–H and O–H groups in total. The molecule has 0 amide bonds. The summed E-state index contributed by atoms with van der Waals surface area (Å²) in [5.41, 5.74) is 4.79. The molecule has 320 valence electrons. The molecule has 0 radical (unpaired) electrons. The Morgan fingerprint density at radius 3 is 2.06 bits per heavy atom. The summed E-state index contributed by atoms with van der Waals surface area (Å²) in [5.74, 6) is 1.20. The Hall–Kier alpha value is -6.55. The predicted molar refractivity (Wildman–Crippen MR) is 257 cm³/mol. The second kappa shape index (κ2) is 16.9. The number of hydrogen-bond donors (Lipinski definition) is 0. The first-order chi connectivity index (χ1) is 35.3. The van der Waals surface area contributed by atoms with Crippen LogP contribution < -0.4 is 9.30 Å². The molecule has 3 heterocycles. The monoisotopic (exact) mass is 1030 g/mol. The molecule has 0 unspecified atom stereocenters. The van der Waals surface area contributed by atoms with Crippen LogP contribution in [0.4, 0.5) is 0 Å². The Labute approximate surface area is 407 Å². The van der Waals surface area contributed by atoms with Gasteiger partial charge in [-0.25, -0.2) is 4.98 Å². The van der Waals surface area contributed by atoms with Crippen LogP contribution in [0.3, 0.4) is 0 Å². The molecule has 10 aromatic rings. The van der Waals surface area contributed by atoms with E-state index in [9.17, 15) is 0 Å². The third kappa shape index (κ3) is 8.10. The van der Waals surface area contributed by atoms with Gasteiger partial charge >= 0.3 is 0 Å². The number of fused-ring (bicyclic) bond motifs is 4. The topological polar surface area (TPSA) is 35.9 Å². The van der Waals surface area contributed by atoms with E-state index in [0.717, 1.165) is 27.4 Å². The summed E-state index contributed by atoms with van der Waals surface area (Å²) in [6, 6.07) is 30.9. The number of pyridine rings is 1. The summed E-state index contributed by atoms with van der Waals surface area (Å²) in [4.78, 5) is 4.78.